The molecule has 31 heavy (non-hydrogen) atoms. The van der Waals surface area contributed by atoms with E-state index in [1.54, 1.807) is 12.1 Å². The maximum absolute atomic E-state index is 12.4. The van der Waals surface area contributed by atoms with Gasteiger partial charge >= 0.3 is 6.36 Å². The number of hydrogen-bond acceptors (Lipinski definition) is 3. The normalized spacial score (nSPS) is 23.1. The summed E-state index contributed by atoms with van der Waals surface area (Å²) >= 11 is 0. The van der Waals surface area contributed by atoms with Crippen LogP contribution in [0.3, 0.4) is 0 Å². The van der Waals surface area contributed by atoms with Crippen LogP contribution in [0.5, 0.6) is 5.75 Å². The summed E-state index contributed by atoms with van der Waals surface area (Å²) in [5.41, 5.74) is 3.08. The zero-order valence-corrected chi connectivity index (χ0v) is 16.9. The average molecular weight is 426 g/mol. The first-order valence-corrected chi connectivity index (χ1v) is 10.5. The number of rotatable bonds is 7. The largest absolute Gasteiger partial charge is 0.658 e. The third kappa shape index (κ3) is 4.67. The van der Waals surface area contributed by atoms with Crippen LogP contribution in [-0.2, 0) is 13.1 Å². The summed E-state index contributed by atoms with van der Waals surface area (Å²) in [6.07, 6.45) is -2.83. The lowest BCUT2D eigenvalue weighted by Gasteiger charge is -2.24. The van der Waals surface area contributed by atoms with Crippen LogP contribution < -0.4 is 4.74 Å². The van der Waals surface area contributed by atoms with E-state index in [2.05, 4.69) is 44.2 Å². The Morgan fingerprint density at radius 3 is 2.61 bits per heavy atom. The Bertz CT molecular complexity index is 1050. The van der Waals surface area contributed by atoms with Gasteiger partial charge in [-0.2, -0.15) is 0 Å². The van der Waals surface area contributed by atoms with E-state index >= 15 is 0 Å². The van der Waals surface area contributed by atoms with E-state index in [1.807, 2.05) is 12.3 Å². The first-order valence-electron chi connectivity index (χ1n) is 10.5. The number of likely N-dealkylation sites (tertiary alicyclic amines) is 1. The maximum Gasteiger partial charge on any atom is 0.573 e. The summed E-state index contributed by atoms with van der Waals surface area (Å²) in [5, 5.41) is 5.78. The first kappa shape index (κ1) is 20.3. The zero-order chi connectivity index (χ0) is 21.4. The number of hydrogen-bond donors (Lipinski definition) is 0. The van der Waals surface area contributed by atoms with Crippen LogP contribution in [0.4, 0.5) is 13.2 Å². The number of aromatic nitrogens is 1. The number of pyridine rings is 1. The summed E-state index contributed by atoms with van der Waals surface area (Å²) < 4.78 is 41.1. The quantitative estimate of drug-likeness (QED) is 0.509. The monoisotopic (exact) mass is 426 g/mol. The maximum atomic E-state index is 12.4. The molecule has 1 saturated heterocycles. The van der Waals surface area contributed by atoms with Crippen LogP contribution in [0.1, 0.15) is 11.1 Å². The molecule has 2 atom stereocenters. The van der Waals surface area contributed by atoms with Crippen LogP contribution in [0.2, 0.25) is 0 Å². The number of nitrogens with zero attached hydrogens (tertiary/aromatic N) is 3. The van der Waals surface area contributed by atoms with Gasteiger partial charge < -0.3 is 10.1 Å². The molecular formula is C24H23F3N3O-. The highest BCUT2D eigenvalue weighted by molar-refractivity contribution is 5.81. The Labute approximate surface area is 179 Å². The van der Waals surface area contributed by atoms with Crippen LogP contribution >= 0.6 is 0 Å². The predicted octanol–water partition coefficient (Wildman–Crippen LogP) is 5.39. The molecule has 0 N–H and O–H groups in total. The van der Waals surface area contributed by atoms with Crippen molar-refractivity contribution in [3.05, 3.63) is 77.2 Å². The van der Waals surface area contributed by atoms with Gasteiger partial charge in [-0.05, 0) is 35.6 Å². The second kappa shape index (κ2) is 8.13. The molecular weight excluding hydrogens is 403 g/mol. The fourth-order valence-corrected chi connectivity index (χ4v) is 4.86. The lowest BCUT2D eigenvalue weighted by Crippen LogP contribution is -2.24. The fraction of sp³-hybridized carbons (Fsp3) is 0.375. The summed E-state index contributed by atoms with van der Waals surface area (Å²) in [7, 11) is 0. The number of para-hydroxylation sites is 1. The Hall–Kier alpha value is -2.64. The minimum absolute atomic E-state index is 0.193. The van der Waals surface area contributed by atoms with Crippen molar-refractivity contribution >= 4 is 10.9 Å². The topological polar surface area (TPSA) is 39.5 Å². The number of fused-ring (bicyclic) bond motifs is 2. The van der Waals surface area contributed by atoms with Crippen molar-refractivity contribution in [1.29, 1.82) is 0 Å². The number of halogens is 3. The highest BCUT2D eigenvalue weighted by Gasteiger charge is 2.53. The van der Waals surface area contributed by atoms with Gasteiger partial charge in [-0.25, -0.2) is 0 Å². The third-order valence-corrected chi connectivity index (χ3v) is 6.32. The molecule has 2 heterocycles. The molecule has 1 aromatic heterocycles. The van der Waals surface area contributed by atoms with Gasteiger partial charge in [0.25, 0.3) is 0 Å². The van der Waals surface area contributed by atoms with Crippen molar-refractivity contribution < 1.29 is 17.9 Å². The van der Waals surface area contributed by atoms with Gasteiger partial charge in [0, 0.05) is 31.2 Å². The number of alkyl halides is 3. The molecule has 0 radical (unpaired) electrons. The summed E-state index contributed by atoms with van der Waals surface area (Å²) in [6, 6.07) is 16.5. The molecule has 1 aliphatic carbocycles. The number of ether oxygens (including phenoxy) is 1. The van der Waals surface area contributed by atoms with Gasteiger partial charge in [-0.3, -0.25) is 9.88 Å². The van der Waals surface area contributed by atoms with Crippen molar-refractivity contribution in [3.8, 4) is 5.75 Å². The lowest BCUT2D eigenvalue weighted by atomic mass is 10.1. The standard InChI is InChI=1S/C24H23F3N3O/c25-24(26,27)31-19-8-1-4-16(10-19)11-28-12-20-21-14-30(15-22(20)21)13-18-6-2-5-17-7-3-9-29-23(17)18/h1-10,20-22H,11-15H2/q-1. The minimum atomic E-state index is -4.67. The molecule has 5 rings (SSSR count). The van der Waals surface area contributed by atoms with E-state index in [1.165, 1.54) is 23.1 Å². The summed E-state index contributed by atoms with van der Waals surface area (Å²) in [4.78, 5) is 7.04. The second-order valence-corrected chi connectivity index (χ2v) is 8.44. The highest BCUT2D eigenvalue weighted by Crippen LogP contribution is 2.52. The Kier molecular flexibility index (Phi) is 5.32. The molecule has 3 aromatic rings. The zero-order valence-electron chi connectivity index (χ0n) is 16.9. The van der Waals surface area contributed by atoms with E-state index in [0.29, 0.717) is 24.3 Å². The van der Waals surface area contributed by atoms with Crippen LogP contribution in [0.15, 0.2) is 60.8 Å². The van der Waals surface area contributed by atoms with Crippen LogP contribution in [0.25, 0.3) is 16.2 Å². The molecule has 0 spiro atoms. The number of piperidine rings is 1. The van der Waals surface area contributed by atoms with E-state index in [4.69, 9.17) is 0 Å². The van der Waals surface area contributed by atoms with Crippen molar-refractivity contribution in [2.75, 3.05) is 19.6 Å². The number of benzene rings is 2. The molecule has 0 bridgehead atoms. The first-order chi connectivity index (χ1) is 15.0. The van der Waals surface area contributed by atoms with E-state index < -0.39 is 6.36 Å². The summed E-state index contributed by atoms with van der Waals surface area (Å²) in [6.45, 7) is 4.24. The Morgan fingerprint density at radius 2 is 1.81 bits per heavy atom. The van der Waals surface area contributed by atoms with Crippen molar-refractivity contribution in [2.24, 2.45) is 17.8 Å². The highest BCUT2D eigenvalue weighted by atomic mass is 19.4. The van der Waals surface area contributed by atoms with Gasteiger partial charge in [0.15, 0.2) is 0 Å². The van der Waals surface area contributed by atoms with Gasteiger partial charge in [0.05, 0.1) is 5.52 Å². The predicted molar refractivity (Wildman–Crippen MR) is 113 cm³/mol. The van der Waals surface area contributed by atoms with Gasteiger partial charge in [0.2, 0.25) is 0 Å². The smallest absolute Gasteiger partial charge is 0.573 e. The molecule has 2 unspecified atom stereocenters. The van der Waals surface area contributed by atoms with E-state index in [-0.39, 0.29) is 5.75 Å². The van der Waals surface area contributed by atoms with E-state index in [9.17, 15) is 13.2 Å². The Morgan fingerprint density at radius 1 is 1.03 bits per heavy atom. The second-order valence-electron chi connectivity index (χ2n) is 8.44. The van der Waals surface area contributed by atoms with Crippen LogP contribution in [-0.4, -0.2) is 35.9 Å². The van der Waals surface area contributed by atoms with Gasteiger partial charge in [-0.15, -0.1) is 26.3 Å². The van der Waals surface area contributed by atoms with Gasteiger partial charge in [-0.1, -0.05) is 47.9 Å². The molecule has 0 amide bonds. The van der Waals surface area contributed by atoms with Crippen molar-refractivity contribution in [1.82, 2.24) is 9.88 Å². The molecule has 2 fully saturated rings. The Balaban J connectivity index is 1.09. The lowest BCUT2D eigenvalue weighted by molar-refractivity contribution is -0.274. The summed E-state index contributed by atoms with van der Waals surface area (Å²) in [5.74, 6) is 1.75. The van der Waals surface area contributed by atoms with Gasteiger partial charge in [0.1, 0.15) is 5.75 Å². The third-order valence-electron chi connectivity index (χ3n) is 6.32. The van der Waals surface area contributed by atoms with Crippen LogP contribution in [0, 0.1) is 17.8 Å². The minimum Gasteiger partial charge on any atom is -0.658 e. The average Bonchev–Trinajstić information content (AvgIpc) is 3.18. The molecule has 4 nitrogen and oxygen atoms in total. The van der Waals surface area contributed by atoms with Crippen molar-refractivity contribution in [2.45, 2.75) is 19.5 Å². The molecule has 2 aliphatic rings. The molecule has 1 aliphatic heterocycles. The fourth-order valence-electron chi connectivity index (χ4n) is 4.86. The SMILES string of the molecule is FC(F)(F)Oc1cccc(C[N-]CC2C3CN(Cc4cccc5cccnc45)CC23)c1. The molecule has 2 aromatic carbocycles. The molecule has 1 saturated carbocycles. The van der Waals surface area contributed by atoms with Crippen molar-refractivity contribution in [3.63, 3.8) is 0 Å². The van der Waals surface area contributed by atoms with E-state index in [0.717, 1.165) is 37.3 Å². The molecule has 7 heteroatoms. The molecule has 162 valence electrons.